The van der Waals surface area contributed by atoms with Crippen molar-refractivity contribution in [2.75, 3.05) is 0 Å². The third-order valence-corrected chi connectivity index (χ3v) is 1.13. The van der Waals surface area contributed by atoms with Crippen LogP contribution in [0.25, 0.3) is 0 Å². The summed E-state index contributed by atoms with van der Waals surface area (Å²) >= 11 is 0. The fourth-order valence-corrected chi connectivity index (χ4v) is 0.617. The molecule has 0 fully saturated rings. The lowest BCUT2D eigenvalue weighted by molar-refractivity contribution is -0.0519. The normalized spacial score (nSPS) is 11.1. The summed E-state index contributed by atoms with van der Waals surface area (Å²) in [6, 6.07) is 0. The average molecular weight is 126 g/mol. The van der Waals surface area contributed by atoms with Crippen LogP contribution in [0.1, 0.15) is 0 Å². The molecule has 0 rings (SSSR count). The van der Waals surface area contributed by atoms with E-state index < -0.39 is 15.7 Å². The van der Waals surface area contributed by atoms with Crippen molar-refractivity contribution in [3.63, 3.8) is 0 Å². The van der Waals surface area contributed by atoms with Crippen LogP contribution in [0, 0.1) is 0 Å². The van der Waals surface area contributed by atoms with Crippen molar-refractivity contribution in [2.45, 2.75) is 19.7 Å². The summed E-state index contributed by atoms with van der Waals surface area (Å²) in [5.41, 5.74) is 0. The first kappa shape index (κ1) is 7.04. The number of hydrogen-bond donors (Lipinski definition) is 0. The molecule has 0 N–H and O–H groups in total. The maximum Gasteiger partial charge on any atom is 0.336 e. The second kappa shape index (κ2) is 3.09. The lowest BCUT2D eigenvalue weighted by Crippen LogP contribution is -2.11. The monoisotopic (exact) mass is 126 g/mol. The minimum absolute atomic E-state index is 1.48. The van der Waals surface area contributed by atoms with E-state index in [4.69, 9.17) is 0 Å². The van der Waals surface area contributed by atoms with Crippen molar-refractivity contribution < 1.29 is 13.2 Å². The van der Waals surface area contributed by atoms with Gasteiger partial charge in [0.2, 0.25) is 0 Å². The van der Waals surface area contributed by atoms with E-state index in [-0.39, 0.29) is 0 Å². The first-order valence-electron chi connectivity index (χ1n) is 2.06. The van der Waals surface area contributed by atoms with E-state index in [1.54, 1.807) is 13.1 Å². The van der Waals surface area contributed by atoms with Crippen molar-refractivity contribution in [3.05, 3.63) is 0 Å². The Morgan fingerprint density at radius 3 is 1.86 bits per heavy atom. The number of hydrogen-bond acceptors (Lipinski definition) is 1. The van der Waals surface area contributed by atoms with Crippen molar-refractivity contribution in [1.29, 1.82) is 0 Å². The predicted molar refractivity (Wildman–Crippen MR) is 26.0 cm³/mol. The van der Waals surface area contributed by atoms with Gasteiger partial charge in [-0.15, -0.1) is 0 Å². The van der Waals surface area contributed by atoms with Crippen LogP contribution in [-0.4, -0.2) is 15.7 Å². The van der Waals surface area contributed by atoms with Gasteiger partial charge >= 0.3 is 6.61 Å². The molecule has 0 bridgehead atoms. The Balaban J connectivity index is 2.95. The Labute approximate surface area is 43.0 Å². The van der Waals surface area contributed by atoms with Gasteiger partial charge in [-0.25, -0.2) is 0 Å². The third-order valence-electron chi connectivity index (χ3n) is 0.375. The van der Waals surface area contributed by atoms with E-state index in [1.165, 1.54) is 0 Å². The summed E-state index contributed by atoms with van der Waals surface area (Å²) in [6.45, 7) is 0.838. The second-order valence-electron chi connectivity index (χ2n) is 1.45. The van der Waals surface area contributed by atoms with Gasteiger partial charge in [0.05, 0.1) is 0 Å². The summed E-state index contributed by atoms with van der Waals surface area (Å²) in [4.78, 5) is 0. The molecule has 0 aromatic rings. The van der Waals surface area contributed by atoms with Crippen molar-refractivity contribution >= 4 is 9.04 Å². The number of halogens is 2. The van der Waals surface area contributed by atoms with Gasteiger partial charge < -0.3 is 4.43 Å². The molecule has 0 saturated carbocycles. The molecule has 0 amide bonds. The topological polar surface area (TPSA) is 9.23 Å². The highest BCUT2D eigenvalue weighted by molar-refractivity contribution is 6.48. The minimum atomic E-state index is -2.56. The number of rotatable bonds is 2. The Morgan fingerprint density at radius 1 is 1.43 bits per heavy atom. The standard InChI is InChI=1S/C3H8F2OSi/c1-7(2)6-3(4)5/h3,7H,1-2H3. The van der Waals surface area contributed by atoms with Crippen LogP contribution in [0.5, 0.6) is 0 Å². The van der Waals surface area contributed by atoms with Gasteiger partial charge in [0, 0.05) is 0 Å². The molecule has 0 heterocycles. The quantitative estimate of drug-likeness (QED) is 0.505. The molecule has 7 heavy (non-hydrogen) atoms. The summed E-state index contributed by atoms with van der Waals surface area (Å²) in [6.07, 6.45) is 0. The molecule has 0 aliphatic carbocycles. The molecule has 0 aromatic carbocycles. The van der Waals surface area contributed by atoms with Crippen molar-refractivity contribution in [2.24, 2.45) is 0 Å². The highest BCUT2D eigenvalue weighted by Crippen LogP contribution is 1.96. The van der Waals surface area contributed by atoms with E-state index >= 15 is 0 Å². The van der Waals surface area contributed by atoms with Crippen LogP contribution in [0.3, 0.4) is 0 Å². The van der Waals surface area contributed by atoms with Gasteiger partial charge in [0.1, 0.15) is 0 Å². The Morgan fingerprint density at radius 2 is 1.86 bits per heavy atom. The van der Waals surface area contributed by atoms with E-state index in [1.807, 2.05) is 0 Å². The molecule has 1 nitrogen and oxygen atoms in total. The SMILES string of the molecule is C[SiH](C)OC(F)F. The molecular weight excluding hydrogens is 118 g/mol. The molecule has 0 aromatic heterocycles. The Kier molecular flexibility index (Phi) is 3.11. The van der Waals surface area contributed by atoms with Gasteiger partial charge in [0.25, 0.3) is 0 Å². The van der Waals surface area contributed by atoms with Crippen LogP contribution in [0.4, 0.5) is 8.78 Å². The Bertz CT molecular complexity index is 42.2. The van der Waals surface area contributed by atoms with Crippen LogP contribution in [0.2, 0.25) is 13.1 Å². The molecule has 0 aliphatic heterocycles. The van der Waals surface area contributed by atoms with E-state index in [9.17, 15) is 8.78 Å². The smallest absolute Gasteiger partial charge is 0.336 e. The number of alkyl halides is 2. The predicted octanol–water partition coefficient (Wildman–Crippen LogP) is 1.21. The first-order chi connectivity index (χ1) is 3.13. The van der Waals surface area contributed by atoms with Gasteiger partial charge in [-0.2, -0.15) is 8.78 Å². The molecule has 0 unspecified atom stereocenters. The fraction of sp³-hybridized carbons (Fsp3) is 1.00. The molecular formula is C3H8F2OSi. The van der Waals surface area contributed by atoms with Gasteiger partial charge in [-0.1, -0.05) is 0 Å². The van der Waals surface area contributed by atoms with Crippen molar-refractivity contribution in [3.8, 4) is 0 Å². The zero-order valence-electron chi connectivity index (χ0n) is 4.32. The van der Waals surface area contributed by atoms with Gasteiger partial charge in [-0.3, -0.25) is 0 Å². The maximum atomic E-state index is 11.1. The summed E-state index contributed by atoms with van der Waals surface area (Å²) < 4.78 is 26.3. The lowest BCUT2D eigenvalue weighted by atomic mass is 11.5. The molecule has 0 atom stereocenters. The fourth-order valence-electron chi connectivity index (χ4n) is 0.206. The third kappa shape index (κ3) is 6.04. The van der Waals surface area contributed by atoms with E-state index in [0.29, 0.717) is 0 Å². The van der Waals surface area contributed by atoms with Crippen LogP contribution < -0.4 is 0 Å². The highest BCUT2D eigenvalue weighted by atomic mass is 28.3. The Hall–Kier alpha value is 0.0369. The summed E-state index contributed by atoms with van der Waals surface area (Å²) in [7, 11) is -1.48. The first-order valence-corrected chi connectivity index (χ1v) is 4.84. The van der Waals surface area contributed by atoms with Gasteiger partial charge in [0.15, 0.2) is 9.04 Å². The summed E-state index contributed by atoms with van der Waals surface area (Å²) in [5.74, 6) is 0. The van der Waals surface area contributed by atoms with Crippen LogP contribution in [-0.2, 0) is 4.43 Å². The second-order valence-corrected chi connectivity index (χ2v) is 3.82. The van der Waals surface area contributed by atoms with Crippen molar-refractivity contribution in [1.82, 2.24) is 0 Å². The van der Waals surface area contributed by atoms with E-state index in [0.717, 1.165) is 0 Å². The summed E-state index contributed by atoms with van der Waals surface area (Å²) in [5, 5.41) is 0. The molecule has 44 valence electrons. The molecule has 4 heteroatoms. The molecule has 0 radical (unpaired) electrons. The largest absolute Gasteiger partial charge is 0.368 e. The zero-order valence-corrected chi connectivity index (χ0v) is 5.47. The molecule has 0 aliphatic rings. The molecule has 0 saturated heterocycles. The van der Waals surface area contributed by atoms with E-state index in [2.05, 4.69) is 4.43 Å². The van der Waals surface area contributed by atoms with Crippen LogP contribution >= 0.6 is 0 Å². The zero-order chi connectivity index (χ0) is 5.86. The van der Waals surface area contributed by atoms with Crippen LogP contribution in [0.15, 0.2) is 0 Å². The molecule has 0 spiro atoms. The lowest BCUT2D eigenvalue weighted by Gasteiger charge is -2.01. The van der Waals surface area contributed by atoms with Gasteiger partial charge in [-0.05, 0) is 13.1 Å². The highest BCUT2D eigenvalue weighted by Gasteiger charge is 2.03. The average Bonchev–Trinajstić information content (AvgIpc) is 1.27. The maximum absolute atomic E-state index is 11.1. The minimum Gasteiger partial charge on any atom is -0.368 e.